The summed E-state index contributed by atoms with van der Waals surface area (Å²) in [5.74, 6) is 5.69. The maximum Gasteiger partial charge on any atom is 0.108 e. The Morgan fingerprint density at radius 2 is 2.07 bits per heavy atom. The van der Waals surface area contributed by atoms with Crippen molar-refractivity contribution in [1.82, 2.24) is 0 Å². The zero-order chi connectivity index (χ0) is 10.2. The molecule has 0 saturated heterocycles. The minimum atomic E-state index is -0.0738. The maximum atomic E-state index is 5.46. The number of ether oxygens (including phenoxy) is 1. The van der Waals surface area contributed by atoms with Gasteiger partial charge in [0.05, 0.1) is 12.6 Å². The second-order valence-corrected chi connectivity index (χ2v) is 3.09. The minimum absolute atomic E-state index is 0.0738. The molecule has 0 fully saturated rings. The molecule has 0 amide bonds. The van der Waals surface area contributed by atoms with Gasteiger partial charge in [-0.05, 0) is 12.5 Å². The fraction of sp³-hybridized carbons (Fsp3) is 0.333. The summed E-state index contributed by atoms with van der Waals surface area (Å²) >= 11 is 0. The zero-order valence-electron chi connectivity index (χ0n) is 8.36. The Hall–Kier alpha value is -1.30. The molecule has 0 spiro atoms. The van der Waals surface area contributed by atoms with Gasteiger partial charge in [-0.15, -0.1) is 0 Å². The number of nitrogens with two attached hydrogens (primary N) is 1. The lowest BCUT2D eigenvalue weighted by Gasteiger charge is -1.99. The highest BCUT2D eigenvalue weighted by Gasteiger charge is 1.88. The summed E-state index contributed by atoms with van der Waals surface area (Å²) in [6, 6.07) is 9.95. The third-order valence-corrected chi connectivity index (χ3v) is 1.62. The van der Waals surface area contributed by atoms with E-state index in [9.17, 15) is 0 Å². The van der Waals surface area contributed by atoms with Crippen molar-refractivity contribution in [3.8, 4) is 11.8 Å². The highest BCUT2D eigenvalue weighted by atomic mass is 16.5. The normalized spacial score (nSPS) is 11.6. The molecule has 0 aliphatic rings. The van der Waals surface area contributed by atoms with Crippen molar-refractivity contribution in [1.29, 1.82) is 0 Å². The van der Waals surface area contributed by atoms with Crippen LogP contribution in [0.25, 0.3) is 0 Å². The van der Waals surface area contributed by atoms with Gasteiger partial charge in [0, 0.05) is 0 Å². The summed E-state index contributed by atoms with van der Waals surface area (Å²) in [6.07, 6.45) is 0. The van der Waals surface area contributed by atoms with E-state index in [1.54, 1.807) is 0 Å². The molecule has 2 N–H and O–H groups in total. The topological polar surface area (TPSA) is 35.2 Å². The van der Waals surface area contributed by atoms with Crippen LogP contribution < -0.4 is 5.73 Å². The molecule has 2 nitrogen and oxygen atoms in total. The molecule has 0 saturated carbocycles. The molecule has 1 atom stereocenters. The molecular formula is C12H15NO. The summed E-state index contributed by atoms with van der Waals surface area (Å²) in [7, 11) is 0. The number of hydrogen-bond acceptors (Lipinski definition) is 2. The van der Waals surface area contributed by atoms with Gasteiger partial charge < -0.3 is 10.5 Å². The van der Waals surface area contributed by atoms with Gasteiger partial charge in [-0.25, -0.2) is 0 Å². The SMILES string of the molecule is CC(N)C#CCOCc1ccccc1. The van der Waals surface area contributed by atoms with E-state index >= 15 is 0 Å². The van der Waals surface area contributed by atoms with Crippen LogP contribution in [0.15, 0.2) is 30.3 Å². The van der Waals surface area contributed by atoms with Gasteiger partial charge in [-0.3, -0.25) is 0 Å². The van der Waals surface area contributed by atoms with Crippen LogP contribution in [0.3, 0.4) is 0 Å². The Morgan fingerprint density at radius 3 is 2.71 bits per heavy atom. The highest BCUT2D eigenvalue weighted by molar-refractivity contribution is 5.13. The lowest BCUT2D eigenvalue weighted by molar-refractivity contribution is 0.153. The molecule has 0 aliphatic heterocycles. The van der Waals surface area contributed by atoms with Crippen LogP contribution in [-0.4, -0.2) is 12.6 Å². The summed E-state index contributed by atoms with van der Waals surface area (Å²) < 4.78 is 5.34. The molecule has 14 heavy (non-hydrogen) atoms. The summed E-state index contributed by atoms with van der Waals surface area (Å²) in [6.45, 7) is 2.90. The Labute approximate surface area is 85.1 Å². The van der Waals surface area contributed by atoms with Gasteiger partial charge >= 0.3 is 0 Å². The van der Waals surface area contributed by atoms with E-state index < -0.39 is 0 Å². The average molecular weight is 189 g/mol. The van der Waals surface area contributed by atoms with E-state index in [0.29, 0.717) is 13.2 Å². The molecule has 0 bridgehead atoms. The molecule has 0 aliphatic carbocycles. The van der Waals surface area contributed by atoms with E-state index in [1.165, 1.54) is 0 Å². The van der Waals surface area contributed by atoms with E-state index in [4.69, 9.17) is 10.5 Å². The number of hydrogen-bond donors (Lipinski definition) is 1. The molecule has 1 aromatic rings. The maximum absolute atomic E-state index is 5.46. The molecular weight excluding hydrogens is 174 g/mol. The fourth-order valence-corrected chi connectivity index (χ4v) is 0.997. The van der Waals surface area contributed by atoms with Gasteiger partial charge in [0.15, 0.2) is 0 Å². The lowest BCUT2D eigenvalue weighted by atomic mass is 10.2. The number of rotatable bonds is 3. The van der Waals surface area contributed by atoms with Crippen molar-refractivity contribution in [2.75, 3.05) is 6.61 Å². The van der Waals surface area contributed by atoms with E-state index in [-0.39, 0.29) is 6.04 Å². The second-order valence-electron chi connectivity index (χ2n) is 3.09. The number of benzene rings is 1. The van der Waals surface area contributed by atoms with Crippen LogP contribution in [0.4, 0.5) is 0 Å². The monoisotopic (exact) mass is 189 g/mol. The predicted octanol–water partition coefficient (Wildman–Crippen LogP) is 1.55. The fourth-order valence-electron chi connectivity index (χ4n) is 0.997. The van der Waals surface area contributed by atoms with Gasteiger partial charge in [-0.2, -0.15) is 0 Å². The Bertz CT molecular complexity index is 308. The average Bonchev–Trinajstić information content (AvgIpc) is 2.18. The third kappa shape index (κ3) is 4.66. The molecule has 1 aromatic carbocycles. The molecule has 74 valence electrons. The molecule has 0 radical (unpaired) electrons. The van der Waals surface area contributed by atoms with Crippen molar-refractivity contribution in [3.63, 3.8) is 0 Å². The molecule has 0 heterocycles. The first-order valence-corrected chi connectivity index (χ1v) is 4.64. The van der Waals surface area contributed by atoms with E-state index in [2.05, 4.69) is 11.8 Å². The largest absolute Gasteiger partial charge is 0.364 e. The lowest BCUT2D eigenvalue weighted by Crippen LogP contribution is -2.11. The summed E-state index contributed by atoms with van der Waals surface area (Å²) in [5.41, 5.74) is 6.62. The van der Waals surface area contributed by atoms with Crippen LogP contribution >= 0.6 is 0 Å². The Balaban J connectivity index is 2.21. The van der Waals surface area contributed by atoms with Gasteiger partial charge in [0.2, 0.25) is 0 Å². The van der Waals surface area contributed by atoms with Crippen molar-refractivity contribution >= 4 is 0 Å². The predicted molar refractivity (Wildman–Crippen MR) is 57.5 cm³/mol. The van der Waals surface area contributed by atoms with Crippen LogP contribution in [0.2, 0.25) is 0 Å². The molecule has 0 aromatic heterocycles. The van der Waals surface area contributed by atoms with Gasteiger partial charge in [-0.1, -0.05) is 42.2 Å². The molecule has 1 unspecified atom stereocenters. The van der Waals surface area contributed by atoms with Crippen LogP contribution in [0, 0.1) is 11.8 Å². The molecule has 1 rings (SSSR count). The minimum Gasteiger partial charge on any atom is -0.364 e. The first-order valence-electron chi connectivity index (χ1n) is 4.64. The Kier molecular flexibility index (Phi) is 4.77. The Morgan fingerprint density at radius 1 is 1.36 bits per heavy atom. The molecule has 2 heteroatoms. The van der Waals surface area contributed by atoms with Gasteiger partial charge in [0.1, 0.15) is 6.61 Å². The smallest absolute Gasteiger partial charge is 0.108 e. The summed E-state index contributed by atoms with van der Waals surface area (Å²) in [5, 5.41) is 0. The van der Waals surface area contributed by atoms with Crippen molar-refractivity contribution in [2.24, 2.45) is 5.73 Å². The standard InChI is InChI=1S/C12H15NO/c1-11(13)6-5-9-14-10-12-7-3-2-4-8-12/h2-4,7-8,11H,9-10,13H2,1H3. The van der Waals surface area contributed by atoms with E-state index in [1.807, 2.05) is 37.3 Å². The van der Waals surface area contributed by atoms with Crippen molar-refractivity contribution < 1.29 is 4.74 Å². The van der Waals surface area contributed by atoms with Crippen molar-refractivity contribution in [3.05, 3.63) is 35.9 Å². The zero-order valence-corrected chi connectivity index (χ0v) is 8.36. The summed E-state index contributed by atoms with van der Waals surface area (Å²) in [4.78, 5) is 0. The quantitative estimate of drug-likeness (QED) is 0.578. The van der Waals surface area contributed by atoms with Gasteiger partial charge in [0.25, 0.3) is 0 Å². The van der Waals surface area contributed by atoms with Crippen LogP contribution in [0.5, 0.6) is 0 Å². The van der Waals surface area contributed by atoms with Crippen LogP contribution in [-0.2, 0) is 11.3 Å². The first-order chi connectivity index (χ1) is 6.79. The van der Waals surface area contributed by atoms with E-state index in [0.717, 1.165) is 5.56 Å². The second kappa shape index (κ2) is 6.20. The highest BCUT2D eigenvalue weighted by Crippen LogP contribution is 1.99. The third-order valence-electron chi connectivity index (χ3n) is 1.62. The van der Waals surface area contributed by atoms with Crippen molar-refractivity contribution in [2.45, 2.75) is 19.6 Å². The first kappa shape index (κ1) is 10.8. The van der Waals surface area contributed by atoms with Crippen LogP contribution in [0.1, 0.15) is 12.5 Å².